The Morgan fingerprint density at radius 2 is 1.93 bits per heavy atom. The van der Waals surface area contributed by atoms with E-state index in [2.05, 4.69) is 15.9 Å². The summed E-state index contributed by atoms with van der Waals surface area (Å²) in [6.07, 6.45) is -3.43. The summed E-state index contributed by atoms with van der Waals surface area (Å²) in [5, 5.41) is 0. The molecule has 0 aliphatic carbocycles. The van der Waals surface area contributed by atoms with Crippen molar-refractivity contribution >= 4 is 22.0 Å². The van der Waals surface area contributed by atoms with E-state index in [1.807, 2.05) is 0 Å². The molecule has 0 bridgehead atoms. The van der Waals surface area contributed by atoms with Crippen molar-refractivity contribution in [3.05, 3.63) is 40.1 Å². The maximum atomic E-state index is 12.3. The zero-order valence-corrected chi connectivity index (χ0v) is 8.36. The highest BCUT2D eigenvalue weighted by Crippen LogP contribution is 2.30. The van der Waals surface area contributed by atoms with Crippen molar-refractivity contribution < 1.29 is 17.6 Å². The Hall–Kier alpha value is -0.840. The van der Waals surface area contributed by atoms with E-state index in [0.717, 1.165) is 18.2 Å². The summed E-state index contributed by atoms with van der Waals surface area (Å²) >= 11 is 2.50. The molecule has 1 aromatic rings. The van der Waals surface area contributed by atoms with Gasteiger partial charge in [0.05, 0.1) is 5.56 Å². The highest BCUT2D eigenvalue weighted by atomic mass is 79.9. The highest BCUT2D eigenvalue weighted by Gasteiger charge is 2.30. The fourth-order valence-corrected chi connectivity index (χ4v) is 1.20. The fraction of sp³-hybridized carbons (Fsp3) is 0.111. The van der Waals surface area contributed by atoms with Crippen LogP contribution in [0.4, 0.5) is 17.6 Å². The molecule has 0 aliphatic heterocycles. The van der Waals surface area contributed by atoms with Crippen molar-refractivity contribution in [2.24, 2.45) is 0 Å². The number of benzene rings is 1. The van der Waals surface area contributed by atoms with Crippen LogP contribution in [0.15, 0.2) is 29.0 Å². The van der Waals surface area contributed by atoms with Crippen molar-refractivity contribution in [3.8, 4) is 0 Å². The Morgan fingerprint density at radius 3 is 2.43 bits per heavy atom. The minimum Gasteiger partial charge on any atom is -0.199 e. The summed E-state index contributed by atoms with van der Waals surface area (Å²) in [6.45, 7) is 0. The van der Waals surface area contributed by atoms with E-state index >= 15 is 0 Å². The molecule has 5 heteroatoms. The summed E-state index contributed by atoms with van der Waals surface area (Å²) in [4.78, 5) is 0. The van der Waals surface area contributed by atoms with Crippen LogP contribution in [0, 0.1) is 0 Å². The summed E-state index contributed by atoms with van der Waals surface area (Å²) in [7, 11) is 0. The van der Waals surface area contributed by atoms with E-state index in [0.29, 0.717) is 0 Å². The second-order valence-corrected chi connectivity index (χ2v) is 3.31. The molecule has 0 aromatic heterocycles. The monoisotopic (exact) mass is 268 g/mol. The molecule has 0 heterocycles. The summed E-state index contributed by atoms with van der Waals surface area (Å²) in [5.41, 5.74) is -0.630. The average molecular weight is 269 g/mol. The van der Waals surface area contributed by atoms with Crippen LogP contribution in [0.2, 0.25) is 0 Å². The minimum atomic E-state index is -4.40. The molecule has 0 N–H and O–H groups in total. The third-order valence-electron chi connectivity index (χ3n) is 1.49. The van der Waals surface area contributed by atoms with Gasteiger partial charge in [-0.2, -0.15) is 17.6 Å². The minimum absolute atomic E-state index is 0.161. The van der Waals surface area contributed by atoms with Crippen LogP contribution in [0.1, 0.15) is 11.1 Å². The third-order valence-corrected chi connectivity index (χ3v) is 1.72. The van der Waals surface area contributed by atoms with Gasteiger partial charge in [0.2, 0.25) is 0 Å². The van der Waals surface area contributed by atoms with E-state index in [1.165, 1.54) is 12.1 Å². The molecule has 1 rings (SSSR count). The van der Waals surface area contributed by atoms with Crippen LogP contribution in [0.5, 0.6) is 0 Å². The lowest BCUT2D eigenvalue weighted by molar-refractivity contribution is -0.137. The largest absolute Gasteiger partial charge is 0.416 e. The summed E-state index contributed by atoms with van der Waals surface area (Å²) in [5.74, 6) is 0. The van der Waals surface area contributed by atoms with E-state index in [9.17, 15) is 17.6 Å². The zero-order chi connectivity index (χ0) is 10.8. The van der Waals surface area contributed by atoms with Gasteiger partial charge in [0.1, 0.15) is 0 Å². The van der Waals surface area contributed by atoms with Gasteiger partial charge in [0.15, 0.2) is 4.74 Å². The normalized spacial score (nSPS) is 13.1. The molecule has 76 valence electrons. The second kappa shape index (κ2) is 4.13. The molecule has 0 fully saturated rings. The maximum absolute atomic E-state index is 12.3. The highest BCUT2D eigenvalue weighted by molar-refractivity contribution is 9.11. The van der Waals surface area contributed by atoms with Crippen molar-refractivity contribution in [2.75, 3.05) is 0 Å². The lowest BCUT2D eigenvalue weighted by atomic mass is 10.1. The van der Waals surface area contributed by atoms with Gasteiger partial charge in [-0.25, -0.2) is 0 Å². The summed E-state index contributed by atoms with van der Waals surface area (Å²) in [6, 6.07) is 4.42. The van der Waals surface area contributed by atoms with Gasteiger partial charge >= 0.3 is 6.18 Å². The van der Waals surface area contributed by atoms with Gasteiger partial charge in [0, 0.05) is 0 Å². The quantitative estimate of drug-likeness (QED) is 0.664. The first-order valence-electron chi connectivity index (χ1n) is 3.59. The number of alkyl halides is 3. The smallest absolute Gasteiger partial charge is 0.199 e. The average Bonchev–Trinajstić information content (AvgIpc) is 2.01. The molecule has 0 spiro atoms. The predicted octanol–water partition coefficient (Wildman–Crippen LogP) is 4.37. The molecule has 0 amide bonds. The molecule has 0 atom stereocenters. The molecule has 0 nitrogen and oxygen atoms in total. The van der Waals surface area contributed by atoms with E-state index in [1.54, 1.807) is 0 Å². The first kappa shape index (κ1) is 11.2. The van der Waals surface area contributed by atoms with Crippen LogP contribution in [-0.2, 0) is 6.18 Å². The number of halogens is 5. The Labute approximate surface area is 86.4 Å². The molecular formula is C9H5BrF4. The van der Waals surface area contributed by atoms with Gasteiger partial charge in [-0.1, -0.05) is 12.1 Å². The Kier molecular flexibility index (Phi) is 3.31. The van der Waals surface area contributed by atoms with Crippen LogP contribution in [-0.4, -0.2) is 0 Å². The van der Waals surface area contributed by atoms with Crippen LogP contribution in [0.25, 0.3) is 6.08 Å². The lowest BCUT2D eigenvalue weighted by Crippen LogP contribution is -2.04. The van der Waals surface area contributed by atoms with E-state index < -0.39 is 16.5 Å². The second-order valence-electron chi connectivity index (χ2n) is 2.56. The van der Waals surface area contributed by atoms with E-state index in [-0.39, 0.29) is 5.56 Å². The number of hydrogen-bond acceptors (Lipinski definition) is 0. The Morgan fingerprint density at radius 1 is 1.29 bits per heavy atom. The maximum Gasteiger partial charge on any atom is 0.416 e. The molecular weight excluding hydrogens is 264 g/mol. The zero-order valence-electron chi connectivity index (χ0n) is 6.78. The third kappa shape index (κ3) is 3.14. The van der Waals surface area contributed by atoms with Crippen molar-refractivity contribution in [3.63, 3.8) is 0 Å². The van der Waals surface area contributed by atoms with Gasteiger partial charge in [0.25, 0.3) is 0 Å². The number of rotatable bonds is 1. The van der Waals surface area contributed by atoms with Crippen molar-refractivity contribution in [1.29, 1.82) is 0 Å². The fourth-order valence-electron chi connectivity index (χ4n) is 0.931. The lowest BCUT2D eigenvalue weighted by Gasteiger charge is -2.06. The molecule has 0 aliphatic rings. The van der Waals surface area contributed by atoms with Gasteiger partial charge in [-0.15, -0.1) is 0 Å². The van der Waals surface area contributed by atoms with E-state index in [4.69, 9.17) is 0 Å². The summed E-state index contributed by atoms with van der Waals surface area (Å²) < 4.78 is 48.1. The molecule has 0 saturated heterocycles. The molecule has 0 saturated carbocycles. The van der Waals surface area contributed by atoms with Crippen molar-refractivity contribution in [2.45, 2.75) is 6.18 Å². The molecule has 14 heavy (non-hydrogen) atoms. The molecule has 0 radical (unpaired) electrons. The van der Waals surface area contributed by atoms with Crippen molar-refractivity contribution in [1.82, 2.24) is 0 Å². The molecule has 1 aromatic carbocycles. The van der Waals surface area contributed by atoms with Crippen LogP contribution >= 0.6 is 15.9 Å². The molecule has 0 unspecified atom stereocenters. The van der Waals surface area contributed by atoms with Gasteiger partial charge in [-0.05, 0) is 39.7 Å². The van der Waals surface area contributed by atoms with Crippen LogP contribution < -0.4 is 0 Å². The predicted molar refractivity (Wildman–Crippen MR) is 49.5 cm³/mol. The topological polar surface area (TPSA) is 0 Å². The standard InChI is InChI=1S/C9H5BrF4/c10-8(11)5-6-2-1-3-7(4-6)9(12,13)14/h1-5H/b8-5-. The Balaban J connectivity index is 3.08. The SMILES string of the molecule is F/C(Br)=C\c1cccc(C(F)(F)F)c1. The van der Waals surface area contributed by atoms with Gasteiger partial charge in [-0.3, -0.25) is 0 Å². The number of hydrogen-bond donors (Lipinski definition) is 0. The first-order valence-corrected chi connectivity index (χ1v) is 4.39. The van der Waals surface area contributed by atoms with Crippen LogP contribution in [0.3, 0.4) is 0 Å². The van der Waals surface area contributed by atoms with Gasteiger partial charge < -0.3 is 0 Å². The Bertz CT molecular complexity index is 350. The first-order chi connectivity index (χ1) is 6.39.